The first kappa shape index (κ1) is 31.7. The number of benzene rings is 2. The van der Waals surface area contributed by atoms with E-state index in [1.54, 1.807) is 12.1 Å². The predicted molar refractivity (Wildman–Crippen MR) is 170 cm³/mol. The fourth-order valence-corrected chi connectivity index (χ4v) is 5.95. The number of non-ortho nitro benzene ring substituents is 1. The molecule has 2 aromatic rings. The van der Waals surface area contributed by atoms with Crippen molar-refractivity contribution in [1.82, 2.24) is 9.80 Å². The van der Waals surface area contributed by atoms with Gasteiger partial charge in [0.15, 0.2) is 0 Å². The molecule has 0 aromatic heterocycles. The molecule has 0 radical (unpaired) electrons. The molecule has 8 heteroatoms. The highest BCUT2D eigenvalue weighted by Gasteiger charge is 2.22. The lowest BCUT2D eigenvalue weighted by Crippen LogP contribution is -2.35. The number of piperidine rings is 2. The van der Waals surface area contributed by atoms with Gasteiger partial charge in [-0.15, -0.1) is 0 Å². The Balaban J connectivity index is 0.000000222. The fraction of sp³-hybridized carbons (Fsp3) is 0.625. The molecule has 4 rings (SSSR count). The van der Waals surface area contributed by atoms with E-state index in [0.29, 0.717) is 0 Å². The molecule has 2 heterocycles. The Morgan fingerprint density at radius 1 is 0.775 bits per heavy atom. The van der Waals surface area contributed by atoms with Crippen molar-refractivity contribution in [2.45, 2.75) is 52.4 Å². The molecule has 222 valence electrons. The summed E-state index contributed by atoms with van der Waals surface area (Å²) in [6.45, 7) is 11.0. The quantitative estimate of drug-likeness (QED) is 0.239. The first-order valence-electron chi connectivity index (χ1n) is 14.9. The summed E-state index contributed by atoms with van der Waals surface area (Å²) in [6, 6.07) is 11.4. The number of nitrogen functional groups attached to an aromatic ring is 1. The molecule has 0 saturated carbocycles. The molecule has 0 amide bonds. The Labute approximate surface area is 242 Å². The van der Waals surface area contributed by atoms with Crippen molar-refractivity contribution in [2.24, 2.45) is 11.8 Å². The van der Waals surface area contributed by atoms with Gasteiger partial charge >= 0.3 is 0 Å². The molecule has 0 spiro atoms. The third-order valence-electron chi connectivity index (χ3n) is 8.49. The summed E-state index contributed by atoms with van der Waals surface area (Å²) in [4.78, 5) is 19.9. The summed E-state index contributed by atoms with van der Waals surface area (Å²) in [5.41, 5.74) is 11.7. The van der Waals surface area contributed by atoms with E-state index in [1.165, 1.54) is 69.4 Å². The van der Waals surface area contributed by atoms with Crippen LogP contribution >= 0.6 is 0 Å². The second kappa shape index (κ2) is 15.2. The van der Waals surface area contributed by atoms with Crippen LogP contribution in [0.5, 0.6) is 0 Å². The molecule has 2 saturated heterocycles. The number of hydrogen-bond donors (Lipinski definition) is 1. The van der Waals surface area contributed by atoms with Crippen molar-refractivity contribution in [3.05, 3.63) is 57.6 Å². The average Bonchev–Trinajstić information content (AvgIpc) is 2.92. The van der Waals surface area contributed by atoms with Gasteiger partial charge in [0.25, 0.3) is 5.69 Å². The highest BCUT2D eigenvalue weighted by atomic mass is 16.6. The summed E-state index contributed by atoms with van der Waals surface area (Å²) < 4.78 is 0. The molecular weight excluding hydrogens is 500 g/mol. The minimum Gasteiger partial charge on any atom is -0.399 e. The summed E-state index contributed by atoms with van der Waals surface area (Å²) >= 11 is 0. The van der Waals surface area contributed by atoms with Crippen molar-refractivity contribution in [3.63, 3.8) is 0 Å². The highest BCUT2D eigenvalue weighted by molar-refractivity contribution is 5.59. The molecule has 0 bridgehead atoms. The van der Waals surface area contributed by atoms with Crippen LogP contribution in [0.2, 0.25) is 0 Å². The number of nitrogens with two attached hydrogens (primary N) is 1. The lowest BCUT2D eigenvalue weighted by molar-refractivity contribution is -0.384. The van der Waals surface area contributed by atoms with Crippen LogP contribution in [0.15, 0.2) is 36.4 Å². The van der Waals surface area contributed by atoms with Crippen LogP contribution in [-0.2, 0) is 0 Å². The normalized spacial score (nSPS) is 16.8. The average molecular weight is 553 g/mol. The molecule has 0 aliphatic carbocycles. The summed E-state index contributed by atoms with van der Waals surface area (Å²) in [6.07, 6.45) is 7.66. The van der Waals surface area contributed by atoms with E-state index in [2.05, 4.69) is 66.8 Å². The standard InChI is InChI=1S/C16H25N3O2.C16H27N3/c1-13-12-15(19(20)21)4-5-16(13)18-10-7-14(8-11-18)6-9-17(2)3;1-13-12-15(17)4-5-16(13)19-10-7-14(8-11-19)6-9-18(2)3/h4-5,12,14H,6-11H2,1-3H3;4-5,12,14H,6-11,17H2,1-3H3. The van der Waals surface area contributed by atoms with Crippen molar-refractivity contribution in [1.29, 1.82) is 0 Å². The van der Waals surface area contributed by atoms with Crippen LogP contribution in [0.4, 0.5) is 22.7 Å². The van der Waals surface area contributed by atoms with Crippen LogP contribution in [0.25, 0.3) is 0 Å². The second-order valence-corrected chi connectivity index (χ2v) is 12.3. The van der Waals surface area contributed by atoms with Crippen molar-refractivity contribution in [2.75, 3.05) is 83.0 Å². The van der Waals surface area contributed by atoms with Crippen molar-refractivity contribution < 1.29 is 4.92 Å². The molecule has 0 atom stereocenters. The van der Waals surface area contributed by atoms with Crippen LogP contribution < -0.4 is 15.5 Å². The molecule has 0 unspecified atom stereocenters. The molecule has 2 fully saturated rings. The summed E-state index contributed by atoms with van der Waals surface area (Å²) in [7, 11) is 8.56. The smallest absolute Gasteiger partial charge is 0.269 e. The SMILES string of the molecule is Cc1cc(N)ccc1N1CCC(CCN(C)C)CC1.Cc1cc([N+](=O)[O-])ccc1N1CCC(CCN(C)C)CC1. The number of nitrogens with zero attached hydrogens (tertiary/aromatic N) is 5. The molecule has 40 heavy (non-hydrogen) atoms. The third-order valence-corrected chi connectivity index (χ3v) is 8.49. The first-order chi connectivity index (χ1) is 19.0. The predicted octanol–water partition coefficient (Wildman–Crippen LogP) is 5.82. The molecule has 2 aliphatic heterocycles. The van der Waals surface area contributed by atoms with Gasteiger partial charge < -0.3 is 25.3 Å². The number of nitro groups is 1. The topological polar surface area (TPSA) is 82.1 Å². The van der Waals surface area contributed by atoms with Gasteiger partial charge in [-0.2, -0.15) is 0 Å². The Hall–Kier alpha value is -2.84. The maximum atomic E-state index is 10.8. The number of rotatable bonds is 9. The van der Waals surface area contributed by atoms with Crippen LogP contribution in [0.3, 0.4) is 0 Å². The third kappa shape index (κ3) is 9.66. The van der Waals surface area contributed by atoms with Gasteiger partial charge in [-0.25, -0.2) is 0 Å². The lowest BCUT2D eigenvalue weighted by Gasteiger charge is -2.35. The van der Waals surface area contributed by atoms with Gasteiger partial charge in [0.1, 0.15) is 0 Å². The summed E-state index contributed by atoms with van der Waals surface area (Å²) in [5.74, 6) is 1.70. The zero-order valence-electron chi connectivity index (χ0n) is 25.7. The fourth-order valence-electron chi connectivity index (χ4n) is 5.95. The van der Waals surface area contributed by atoms with Gasteiger partial charge in [-0.05, 0) is 141 Å². The Morgan fingerprint density at radius 3 is 1.57 bits per heavy atom. The monoisotopic (exact) mass is 552 g/mol. The number of nitro benzene ring substituents is 1. The van der Waals surface area contributed by atoms with Gasteiger partial charge in [0.2, 0.25) is 0 Å². The van der Waals surface area contributed by atoms with E-state index < -0.39 is 0 Å². The molecule has 2 N–H and O–H groups in total. The van der Waals surface area contributed by atoms with Crippen molar-refractivity contribution >= 4 is 22.7 Å². The van der Waals surface area contributed by atoms with Crippen LogP contribution in [0, 0.1) is 35.8 Å². The van der Waals surface area contributed by atoms with E-state index in [0.717, 1.165) is 48.4 Å². The van der Waals surface area contributed by atoms with Gasteiger partial charge in [-0.3, -0.25) is 10.1 Å². The molecule has 8 nitrogen and oxygen atoms in total. The summed E-state index contributed by atoms with van der Waals surface area (Å²) in [5, 5.41) is 10.8. The van der Waals surface area contributed by atoms with Gasteiger partial charge in [0, 0.05) is 55.4 Å². The Morgan fingerprint density at radius 2 is 1.20 bits per heavy atom. The number of anilines is 3. The van der Waals surface area contributed by atoms with Crippen molar-refractivity contribution in [3.8, 4) is 0 Å². The maximum absolute atomic E-state index is 10.8. The van der Waals surface area contributed by atoms with E-state index in [4.69, 9.17) is 5.73 Å². The Kier molecular flexibility index (Phi) is 12.1. The lowest BCUT2D eigenvalue weighted by atomic mass is 9.93. The van der Waals surface area contributed by atoms with E-state index >= 15 is 0 Å². The Bertz CT molecular complexity index is 1070. The van der Waals surface area contributed by atoms with E-state index in [-0.39, 0.29) is 10.6 Å². The van der Waals surface area contributed by atoms with Gasteiger partial charge in [0.05, 0.1) is 4.92 Å². The minimum atomic E-state index is -0.329. The number of aryl methyl sites for hydroxylation is 2. The number of hydrogen-bond acceptors (Lipinski definition) is 7. The molecule has 2 aliphatic rings. The largest absolute Gasteiger partial charge is 0.399 e. The minimum absolute atomic E-state index is 0.178. The van der Waals surface area contributed by atoms with E-state index in [1.807, 2.05) is 19.1 Å². The highest BCUT2D eigenvalue weighted by Crippen LogP contribution is 2.30. The first-order valence-corrected chi connectivity index (χ1v) is 14.9. The second-order valence-electron chi connectivity index (χ2n) is 12.3. The molecular formula is C32H52N6O2. The van der Waals surface area contributed by atoms with Crippen LogP contribution in [0.1, 0.15) is 49.7 Å². The zero-order chi connectivity index (χ0) is 29.2. The molecule has 2 aromatic carbocycles. The zero-order valence-corrected chi connectivity index (χ0v) is 25.7. The van der Waals surface area contributed by atoms with Crippen LogP contribution in [-0.4, -0.2) is 82.2 Å². The van der Waals surface area contributed by atoms with Gasteiger partial charge in [-0.1, -0.05) is 0 Å². The maximum Gasteiger partial charge on any atom is 0.269 e. The van der Waals surface area contributed by atoms with E-state index in [9.17, 15) is 10.1 Å².